The molecule has 0 bridgehead atoms. The number of aliphatic imine (C=N–C) groups is 1. The molecule has 0 aliphatic rings. The Kier molecular flexibility index (Phi) is 7.03. The maximum Gasteiger partial charge on any atom is 0.0385 e. The van der Waals surface area contributed by atoms with Crippen molar-refractivity contribution >= 4 is 5.71 Å². The molecule has 1 nitrogen and oxygen atoms in total. The first-order valence-corrected chi connectivity index (χ1v) is 6.30. The summed E-state index contributed by atoms with van der Waals surface area (Å²) in [5.41, 5.74) is 5.32. The summed E-state index contributed by atoms with van der Waals surface area (Å²) >= 11 is 0. The van der Waals surface area contributed by atoms with E-state index in [1.165, 1.54) is 23.1 Å². The van der Waals surface area contributed by atoms with Crippen molar-refractivity contribution in [2.24, 2.45) is 10.9 Å². The third-order valence-corrected chi connectivity index (χ3v) is 3.39. The molecule has 0 aliphatic heterocycles. The third-order valence-electron chi connectivity index (χ3n) is 3.39. The van der Waals surface area contributed by atoms with E-state index in [-0.39, 0.29) is 0 Å². The predicted molar refractivity (Wildman–Crippen MR) is 75.2 cm³/mol. The van der Waals surface area contributed by atoms with Gasteiger partial charge in [-0.2, -0.15) is 0 Å². The topological polar surface area (TPSA) is 12.4 Å². The largest absolute Gasteiger partial charge is 0.293 e. The second-order valence-electron chi connectivity index (χ2n) is 4.53. The Morgan fingerprint density at radius 1 is 1.19 bits per heavy atom. The molecule has 0 rings (SSSR count). The summed E-state index contributed by atoms with van der Waals surface area (Å²) in [6.45, 7) is 13.2. The fourth-order valence-electron chi connectivity index (χ4n) is 1.53. The Bertz CT molecular complexity index is 305. The van der Waals surface area contributed by atoms with Crippen LogP contribution in [-0.2, 0) is 0 Å². The molecule has 0 spiro atoms. The summed E-state index contributed by atoms with van der Waals surface area (Å²) in [6, 6.07) is 0. The van der Waals surface area contributed by atoms with Crippen molar-refractivity contribution in [3.63, 3.8) is 0 Å². The summed E-state index contributed by atoms with van der Waals surface area (Å²) < 4.78 is 0. The Morgan fingerprint density at radius 3 is 2.12 bits per heavy atom. The fourth-order valence-corrected chi connectivity index (χ4v) is 1.53. The molecule has 0 radical (unpaired) electrons. The van der Waals surface area contributed by atoms with Gasteiger partial charge in [0.15, 0.2) is 0 Å². The molecular weight excluding hydrogens is 194 g/mol. The van der Waals surface area contributed by atoms with Gasteiger partial charge in [0.25, 0.3) is 0 Å². The number of hydrogen-bond donors (Lipinski definition) is 0. The van der Waals surface area contributed by atoms with Crippen LogP contribution in [0.5, 0.6) is 0 Å². The molecule has 0 amide bonds. The molecule has 16 heavy (non-hydrogen) atoms. The van der Waals surface area contributed by atoms with Crippen LogP contribution in [0.15, 0.2) is 27.8 Å². The third kappa shape index (κ3) is 4.34. The molecule has 92 valence electrons. The van der Waals surface area contributed by atoms with E-state index in [4.69, 9.17) is 0 Å². The van der Waals surface area contributed by atoms with Gasteiger partial charge in [0.05, 0.1) is 0 Å². The zero-order valence-electron chi connectivity index (χ0n) is 12.0. The molecule has 0 fully saturated rings. The van der Waals surface area contributed by atoms with Gasteiger partial charge >= 0.3 is 0 Å². The van der Waals surface area contributed by atoms with E-state index >= 15 is 0 Å². The van der Waals surface area contributed by atoms with E-state index in [0.29, 0.717) is 5.92 Å². The van der Waals surface area contributed by atoms with E-state index in [1.807, 2.05) is 7.05 Å². The van der Waals surface area contributed by atoms with E-state index in [1.54, 1.807) is 0 Å². The van der Waals surface area contributed by atoms with Crippen LogP contribution < -0.4 is 0 Å². The van der Waals surface area contributed by atoms with Crippen LogP contribution in [0, 0.1) is 5.92 Å². The second kappa shape index (κ2) is 7.43. The first kappa shape index (κ1) is 15.2. The maximum absolute atomic E-state index is 4.33. The lowest BCUT2D eigenvalue weighted by molar-refractivity contribution is 0.695. The number of allylic oxidation sites excluding steroid dienone is 4. The van der Waals surface area contributed by atoms with E-state index in [2.05, 4.69) is 52.6 Å². The van der Waals surface area contributed by atoms with Crippen LogP contribution in [0.4, 0.5) is 0 Å². The monoisotopic (exact) mass is 221 g/mol. The minimum absolute atomic E-state index is 0.617. The van der Waals surface area contributed by atoms with E-state index < -0.39 is 0 Å². The van der Waals surface area contributed by atoms with Crippen LogP contribution >= 0.6 is 0 Å². The van der Waals surface area contributed by atoms with Crippen molar-refractivity contribution in [1.29, 1.82) is 0 Å². The predicted octanol–water partition coefficient (Wildman–Crippen LogP) is 4.80. The van der Waals surface area contributed by atoms with Gasteiger partial charge in [0.2, 0.25) is 0 Å². The van der Waals surface area contributed by atoms with Crippen molar-refractivity contribution < 1.29 is 0 Å². The van der Waals surface area contributed by atoms with Crippen LogP contribution in [0.25, 0.3) is 0 Å². The zero-order valence-corrected chi connectivity index (χ0v) is 12.0. The Labute approximate surface area is 101 Å². The van der Waals surface area contributed by atoms with E-state index in [0.717, 1.165) is 12.1 Å². The summed E-state index contributed by atoms with van der Waals surface area (Å²) in [5, 5.41) is 0. The van der Waals surface area contributed by atoms with E-state index in [9.17, 15) is 0 Å². The van der Waals surface area contributed by atoms with Crippen molar-refractivity contribution in [2.45, 2.75) is 54.4 Å². The van der Waals surface area contributed by atoms with Crippen LogP contribution in [0.2, 0.25) is 0 Å². The second-order valence-corrected chi connectivity index (χ2v) is 4.53. The zero-order chi connectivity index (χ0) is 12.7. The van der Waals surface area contributed by atoms with Crippen LogP contribution in [-0.4, -0.2) is 12.8 Å². The quantitative estimate of drug-likeness (QED) is 0.467. The van der Waals surface area contributed by atoms with Crippen molar-refractivity contribution in [3.8, 4) is 0 Å². The maximum atomic E-state index is 4.33. The number of rotatable bonds is 5. The lowest BCUT2D eigenvalue weighted by Gasteiger charge is -2.13. The van der Waals surface area contributed by atoms with Gasteiger partial charge in [0.1, 0.15) is 0 Å². The van der Waals surface area contributed by atoms with Crippen molar-refractivity contribution in [2.75, 3.05) is 7.05 Å². The SMILES string of the molecule is CCC(C)=C(C)/C(=C\C(C)CC)C(C)=NC. The molecule has 0 aromatic rings. The Morgan fingerprint density at radius 2 is 1.75 bits per heavy atom. The number of hydrogen-bond acceptors (Lipinski definition) is 1. The van der Waals surface area contributed by atoms with Crippen LogP contribution in [0.1, 0.15) is 54.4 Å². The van der Waals surface area contributed by atoms with Gasteiger partial charge in [0, 0.05) is 12.8 Å². The van der Waals surface area contributed by atoms with Crippen LogP contribution in [0.3, 0.4) is 0 Å². The summed E-state index contributed by atoms with van der Waals surface area (Å²) in [4.78, 5) is 4.33. The molecule has 1 atom stereocenters. The van der Waals surface area contributed by atoms with Crippen molar-refractivity contribution in [1.82, 2.24) is 0 Å². The molecule has 1 unspecified atom stereocenters. The fraction of sp³-hybridized carbons (Fsp3) is 0.667. The Hall–Kier alpha value is -0.850. The molecule has 0 N–H and O–H groups in total. The van der Waals surface area contributed by atoms with Gasteiger partial charge in [-0.15, -0.1) is 0 Å². The highest BCUT2D eigenvalue weighted by Crippen LogP contribution is 2.21. The minimum Gasteiger partial charge on any atom is -0.293 e. The summed E-state index contributed by atoms with van der Waals surface area (Å²) in [5.74, 6) is 0.617. The standard InChI is InChI=1S/C15H27N/c1-8-11(3)10-15(14(6)16-7)13(5)12(4)9-2/h10-11H,8-9H2,1-7H3/b13-12?,15-10+,16-14?. The summed E-state index contributed by atoms with van der Waals surface area (Å²) in [6.07, 6.45) is 4.65. The molecule has 0 aromatic carbocycles. The highest BCUT2D eigenvalue weighted by atomic mass is 14.7. The average molecular weight is 221 g/mol. The molecule has 0 saturated heterocycles. The lowest BCUT2D eigenvalue weighted by atomic mass is 9.93. The lowest BCUT2D eigenvalue weighted by Crippen LogP contribution is -2.03. The van der Waals surface area contributed by atoms with Gasteiger partial charge in [-0.1, -0.05) is 38.8 Å². The molecular formula is C15H27N. The highest BCUT2D eigenvalue weighted by molar-refractivity contribution is 6.02. The normalized spacial score (nSPS) is 17.2. The minimum atomic E-state index is 0.617. The molecule has 0 aromatic heterocycles. The molecule has 0 saturated carbocycles. The average Bonchev–Trinajstić information content (AvgIpc) is 2.32. The highest BCUT2D eigenvalue weighted by Gasteiger charge is 2.08. The van der Waals surface area contributed by atoms with Crippen molar-refractivity contribution in [3.05, 3.63) is 22.8 Å². The smallest absolute Gasteiger partial charge is 0.0385 e. The Balaban J connectivity index is 5.36. The molecule has 0 aliphatic carbocycles. The van der Waals surface area contributed by atoms with Gasteiger partial charge in [-0.25, -0.2) is 0 Å². The van der Waals surface area contributed by atoms with Gasteiger partial charge < -0.3 is 0 Å². The van der Waals surface area contributed by atoms with Gasteiger partial charge in [-0.05, 0) is 44.3 Å². The molecule has 0 heterocycles. The first-order valence-electron chi connectivity index (χ1n) is 6.30. The molecule has 1 heteroatoms. The van der Waals surface area contributed by atoms with Gasteiger partial charge in [-0.3, -0.25) is 4.99 Å². The first-order chi connectivity index (χ1) is 7.47. The summed E-state index contributed by atoms with van der Waals surface area (Å²) in [7, 11) is 1.87. The number of nitrogens with zero attached hydrogens (tertiary/aromatic N) is 1.